The molecule has 2 aliphatic heterocycles. The summed E-state index contributed by atoms with van der Waals surface area (Å²) in [7, 11) is 0. The zero-order valence-electron chi connectivity index (χ0n) is 15.9. The number of nitrogens with one attached hydrogen (secondary N) is 1. The maximum absolute atomic E-state index is 13.0. The molecule has 2 aromatic rings. The van der Waals surface area contributed by atoms with Gasteiger partial charge in [0.25, 0.3) is 0 Å². The number of rotatable bonds is 5. The maximum Gasteiger partial charge on any atom is 0.238 e. The molecule has 2 heterocycles. The number of carbonyl (C=O) groups is 2. The Labute approximate surface area is 169 Å². The van der Waals surface area contributed by atoms with Crippen molar-refractivity contribution >= 4 is 29.3 Å². The van der Waals surface area contributed by atoms with Crippen LogP contribution >= 0.6 is 11.8 Å². The molecule has 0 saturated carbocycles. The van der Waals surface area contributed by atoms with E-state index in [0.29, 0.717) is 6.61 Å². The van der Waals surface area contributed by atoms with Crippen molar-refractivity contribution in [3.8, 4) is 5.75 Å². The van der Waals surface area contributed by atoms with E-state index in [4.69, 9.17) is 4.74 Å². The number of para-hydroxylation sites is 1. The van der Waals surface area contributed by atoms with Gasteiger partial charge in [0, 0.05) is 17.9 Å². The Balaban J connectivity index is 1.44. The molecule has 4 rings (SSSR count). The van der Waals surface area contributed by atoms with Crippen LogP contribution in [0.3, 0.4) is 0 Å². The lowest BCUT2D eigenvalue weighted by atomic mass is 10.0. The van der Waals surface area contributed by atoms with Crippen LogP contribution in [0, 0.1) is 0 Å². The van der Waals surface area contributed by atoms with E-state index >= 15 is 0 Å². The first-order valence-corrected chi connectivity index (χ1v) is 10.6. The Kier molecular flexibility index (Phi) is 5.57. The number of benzene rings is 2. The van der Waals surface area contributed by atoms with Gasteiger partial charge in [0.05, 0.1) is 23.6 Å². The van der Waals surface area contributed by atoms with Crippen LogP contribution in [0.4, 0.5) is 5.69 Å². The highest BCUT2D eigenvalue weighted by molar-refractivity contribution is 8.01. The smallest absolute Gasteiger partial charge is 0.238 e. The number of thioether (sulfide) groups is 1. The number of amides is 2. The van der Waals surface area contributed by atoms with Crippen LogP contribution in [0.1, 0.15) is 37.8 Å². The quantitative estimate of drug-likeness (QED) is 0.821. The number of likely N-dealkylation sites (tertiary alicyclic amines) is 1. The minimum absolute atomic E-state index is 0.0448. The van der Waals surface area contributed by atoms with Crippen molar-refractivity contribution in [2.45, 2.75) is 42.4 Å². The Hall–Kier alpha value is -2.47. The molecule has 1 fully saturated rings. The van der Waals surface area contributed by atoms with Gasteiger partial charge in [0.2, 0.25) is 11.8 Å². The Bertz CT molecular complexity index is 868. The van der Waals surface area contributed by atoms with Gasteiger partial charge in [0.15, 0.2) is 0 Å². The third kappa shape index (κ3) is 3.87. The molecule has 2 atom stereocenters. The molecule has 2 aromatic carbocycles. The SMILES string of the molecule is CCOc1ccc(C2CCCN2C(=O)CC2Sc3ccccc3NC2=O)cc1. The molecule has 6 heteroatoms. The average Bonchev–Trinajstić information content (AvgIpc) is 3.19. The van der Waals surface area contributed by atoms with Gasteiger partial charge in [-0.3, -0.25) is 9.59 Å². The second-order valence-corrected chi connectivity index (χ2v) is 8.29. The predicted octanol–water partition coefficient (Wildman–Crippen LogP) is 4.25. The van der Waals surface area contributed by atoms with Gasteiger partial charge in [0.1, 0.15) is 5.75 Å². The van der Waals surface area contributed by atoms with E-state index in [1.165, 1.54) is 11.8 Å². The average molecular weight is 397 g/mol. The molecule has 0 aliphatic carbocycles. The molecule has 2 amide bonds. The van der Waals surface area contributed by atoms with Gasteiger partial charge >= 0.3 is 0 Å². The summed E-state index contributed by atoms with van der Waals surface area (Å²) in [5.41, 5.74) is 1.95. The highest BCUT2D eigenvalue weighted by Crippen LogP contribution is 2.38. The Morgan fingerprint density at radius 1 is 1.21 bits per heavy atom. The van der Waals surface area contributed by atoms with E-state index in [2.05, 4.69) is 5.32 Å². The van der Waals surface area contributed by atoms with Crippen LogP contribution in [0.5, 0.6) is 5.75 Å². The number of anilines is 1. The minimum Gasteiger partial charge on any atom is -0.494 e. The number of carbonyl (C=O) groups excluding carboxylic acids is 2. The maximum atomic E-state index is 13.0. The summed E-state index contributed by atoms with van der Waals surface area (Å²) in [5.74, 6) is 0.799. The molecule has 5 nitrogen and oxygen atoms in total. The van der Waals surface area contributed by atoms with E-state index < -0.39 is 0 Å². The van der Waals surface area contributed by atoms with Crippen molar-refractivity contribution in [2.24, 2.45) is 0 Å². The summed E-state index contributed by atoms with van der Waals surface area (Å²) in [4.78, 5) is 28.4. The summed E-state index contributed by atoms with van der Waals surface area (Å²) >= 11 is 1.48. The zero-order valence-corrected chi connectivity index (χ0v) is 16.7. The first kappa shape index (κ1) is 18.9. The third-order valence-electron chi connectivity index (χ3n) is 5.22. The van der Waals surface area contributed by atoms with Gasteiger partial charge < -0.3 is 15.0 Å². The predicted molar refractivity (Wildman–Crippen MR) is 111 cm³/mol. The largest absolute Gasteiger partial charge is 0.494 e. The highest BCUT2D eigenvalue weighted by atomic mass is 32.2. The molecule has 2 unspecified atom stereocenters. The van der Waals surface area contributed by atoms with Crippen molar-refractivity contribution in [3.05, 3.63) is 54.1 Å². The van der Waals surface area contributed by atoms with Crippen LogP contribution < -0.4 is 10.1 Å². The molecule has 28 heavy (non-hydrogen) atoms. The number of fused-ring (bicyclic) bond motifs is 1. The lowest BCUT2D eigenvalue weighted by Crippen LogP contribution is -2.37. The highest BCUT2D eigenvalue weighted by Gasteiger charge is 2.34. The Morgan fingerprint density at radius 3 is 2.79 bits per heavy atom. The molecular weight excluding hydrogens is 372 g/mol. The number of nitrogens with zero attached hydrogens (tertiary/aromatic N) is 1. The zero-order chi connectivity index (χ0) is 19.5. The topological polar surface area (TPSA) is 58.6 Å². The molecule has 1 saturated heterocycles. The molecule has 0 aromatic heterocycles. The van der Waals surface area contributed by atoms with E-state index in [1.54, 1.807) is 0 Å². The van der Waals surface area contributed by atoms with Crippen molar-refractivity contribution in [1.29, 1.82) is 0 Å². The van der Waals surface area contributed by atoms with Gasteiger partial charge in [-0.2, -0.15) is 0 Å². The fourth-order valence-electron chi connectivity index (χ4n) is 3.87. The van der Waals surface area contributed by atoms with E-state index in [-0.39, 0.29) is 29.5 Å². The van der Waals surface area contributed by atoms with Gasteiger partial charge in [-0.15, -0.1) is 11.8 Å². The van der Waals surface area contributed by atoms with Crippen molar-refractivity contribution in [3.63, 3.8) is 0 Å². The summed E-state index contributed by atoms with van der Waals surface area (Å²) in [6, 6.07) is 15.8. The molecule has 2 aliphatic rings. The summed E-state index contributed by atoms with van der Waals surface area (Å²) in [6.07, 6.45) is 2.15. The third-order valence-corrected chi connectivity index (χ3v) is 6.49. The van der Waals surface area contributed by atoms with Crippen LogP contribution in [0.25, 0.3) is 0 Å². The molecule has 0 bridgehead atoms. The van der Waals surface area contributed by atoms with Crippen molar-refractivity contribution < 1.29 is 14.3 Å². The fraction of sp³-hybridized carbons (Fsp3) is 0.364. The second kappa shape index (κ2) is 8.27. The van der Waals surface area contributed by atoms with E-state index in [0.717, 1.165) is 41.3 Å². The summed E-state index contributed by atoms with van der Waals surface area (Å²) in [5, 5.41) is 2.54. The summed E-state index contributed by atoms with van der Waals surface area (Å²) < 4.78 is 5.51. The Morgan fingerprint density at radius 2 is 2.00 bits per heavy atom. The van der Waals surface area contributed by atoms with Gasteiger partial charge in [-0.1, -0.05) is 24.3 Å². The first-order valence-electron chi connectivity index (χ1n) is 9.74. The lowest BCUT2D eigenvalue weighted by molar-refractivity contribution is -0.133. The number of hydrogen-bond donors (Lipinski definition) is 1. The molecule has 1 N–H and O–H groups in total. The fourth-order valence-corrected chi connectivity index (χ4v) is 4.97. The molecule has 146 valence electrons. The lowest BCUT2D eigenvalue weighted by Gasteiger charge is -2.28. The van der Waals surface area contributed by atoms with Crippen molar-refractivity contribution in [1.82, 2.24) is 4.90 Å². The molecule has 0 spiro atoms. The standard InChI is InChI=1S/C22H24N2O3S/c1-2-27-16-11-9-15(10-12-16)18-7-5-13-24(18)21(25)14-20-22(26)23-17-6-3-4-8-19(17)28-20/h3-4,6,8-12,18,20H,2,5,7,13-14H2,1H3,(H,23,26). The van der Waals surface area contributed by atoms with Crippen LogP contribution in [0.15, 0.2) is 53.4 Å². The molecular formula is C22H24N2O3S. The van der Waals surface area contributed by atoms with Crippen LogP contribution in [-0.2, 0) is 9.59 Å². The van der Waals surface area contributed by atoms with Crippen LogP contribution in [0.2, 0.25) is 0 Å². The monoisotopic (exact) mass is 396 g/mol. The first-order chi connectivity index (χ1) is 13.7. The van der Waals surface area contributed by atoms with Gasteiger partial charge in [-0.25, -0.2) is 0 Å². The van der Waals surface area contributed by atoms with E-state index in [1.807, 2.05) is 60.4 Å². The van der Waals surface area contributed by atoms with E-state index in [9.17, 15) is 9.59 Å². The number of hydrogen-bond acceptors (Lipinski definition) is 4. The molecule has 0 radical (unpaired) electrons. The number of ether oxygens (including phenoxy) is 1. The summed E-state index contributed by atoms with van der Waals surface area (Å²) in [6.45, 7) is 3.34. The second-order valence-electron chi connectivity index (χ2n) is 7.04. The van der Waals surface area contributed by atoms with Gasteiger partial charge in [-0.05, 0) is 49.6 Å². The van der Waals surface area contributed by atoms with Crippen molar-refractivity contribution in [2.75, 3.05) is 18.5 Å². The van der Waals surface area contributed by atoms with Crippen LogP contribution in [-0.4, -0.2) is 35.1 Å². The normalized spacial score (nSPS) is 21.2. The minimum atomic E-state index is -0.385.